The van der Waals surface area contributed by atoms with E-state index in [9.17, 15) is 13.2 Å². The Morgan fingerprint density at radius 2 is 1.90 bits per heavy atom. The van der Waals surface area contributed by atoms with Gasteiger partial charge in [-0.25, -0.2) is 13.1 Å². The van der Waals surface area contributed by atoms with Crippen molar-refractivity contribution >= 4 is 27.5 Å². The third kappa shape index (κ3) is 5.49. The summed E-state index contributed by atoms with van der Waals surface area (Å²) >= 11 is 6.42. The lowest BCUT2D eigenvalue weighted by Gasteiger charge is -2.29. The summed E-state index contributed by atoms with van der Waals surface area (Å²) in [7, 11) is -3.70. The fraction of sp³-hybridized carbons (Fsp3) is 0.318. The molecule has 1 aliphatic rings. The molecule has 0 radical (unpaired) electrons. The van der Waals surface area contributed by atoms with Crippen molar-refractivity contribution in [3.8, 4) is 0 Å². The maximum Gasteiger partial charge on any atom is 0.251 e. The van der Waals surface area contributed by atoms with Gasteiger partial charge in [0.25, 0.3) is 5.91 Å². The molecule has 0 aliphatic carbocycles. The molecule has 1 heterocycles. The van der Waals surface area contributed by atoms with Crippen molar-refractivity contribution in [2.24, 2.45) is 0 Å². The van der Waals surface area contributed by atoms with Gasteiger partial charge in [-0.3, -0.25) is 9.69 Å². The highest BCUT2D eigenvalue weighted by atomic mass is 35.5. The van der Waals surface area contributed by atoms with Crippen LogP contribution in [0, 0.1) is 0 Å². The number of amides is 1. The minimum atomic E-state index is -3.70. The molecule has 0 aromatic heterocycles. The van der Waals surface area contributed by atoms with Crippen LogP contribution in [0.4, 0.5) is 0 Å². The summed E-state index contributed by atoms with van der Waals surface area (Å²) in [6.07, 6.45) is 3.69. The summed E-state index contributed by atoms with van der Waals surface area (Å²) in [6.45, 7) is 5.91. The summed E-state index contributed by atoms with van der Waals surface area (Å²) in [5.74, 6) is -0.327. The number of hydrogen-bond acceptors (Lipinski definition) is 4. The molecule has 1 saturated heterocycles. The molecule has 160 valence electrons. The number of carbonyl (C=O) groups is 1. The Kier molecular flexibility index (Phi) is 7.66. The third-order valence-electron chi connectivity index (χ3n) is 5.13. The monoisotopic (exact) mass is 447 g/mol. The van der Waals surface area contributed by atoms with E-state index in [1.54, 1.807) is 12.1 Å². The minimum absolute atomic E-state index is 0.0358. The number of carbonyl (C=O) groups excluding carboxylic acids is 1. The van der Waals surface area contributed by atoms with Gasteiger partial charge < -0.3 is 5.32 Å². The van der Waals surface area contributed by atoms with Gasteiger partial charge in [-0.05, 0) is 55.8 Å². The Hall–Kier alpha value is -2.19. The van der Waals surface area contributed by atoms with Gasteiger partial charge in [0.2, 0.25) is 10.0 Å². The van der Waals surface area contributed by atoms with Gasteiger partial charge in [-0.2, -0.15) is 0 Å². The first-order valence-corrected chi connectivity index (χ1v) is 11.8. The number of rotatable bonds is 9. The van der Waals surface area contributed by atoms with Crippen LogP contribution in [0.2, 0.25) is 5.02 Å². The molecule has 1 aliphatic heterocycles. The largest absolute Gasteiger partial charge is 0.350 e. The quantitative estimate of drug-likeness (QED) is 0.577. The topological polar surface area (TPSA) is 78.5 Å². The highest BCUT2D eigenvalue weighted by Crippen LogP contribution is 2.29. The number of nitrogens with zero attached hydrogens (tertiary/aromatic N) is 1. The second-order valence-electron chi connectivity index (χ2n) is 7.16. The average Bonchev–Trinajstić information content (AvgIpc) is 3.28. The summed E-state index contributed by atoms with van der Waals surface area (Å²) in [6, 6.07) is 13.6. The molecule has 3 rings (SSSR count). The van der Waals surface area contributed by atoms with Gasteiger partial charge >= 0.3 is 0 Å². The highest BCUT2D eigenvalue weighted by Gasteiger charge is 2.26. The van der Waals surface area contributed by atoms with Gasteiger partial charge in [0.1, 0.15) is 0 Å². The van der Waals surface area contributed by atoms with Crippen molar-refractivity contribution in [1.82, 2.24) is 14.9 Å². The fourth-order valence-electron chi connectivity index (χ4n) is 3.58. The van der Waals surface area contributed by atoms with Crippen molar-refractivity contribution in [2.45, 2.75) is 23.8 Å². The predicted octanol–water partition coefficient (Wildman–Crippen LogP) is 3.37. The van der Waals surface area contributed by atoms with Crippen LogP contribution >= 0.6 is 11.6 Å². The van der Waals surface area contributed by atoms with E-state index >= 15 is 0 Å². The average molecular weight is 448 g/mol. The smallest absolute Gasteiger partial charge is 0.251 e. The second kappa shape index (κ2) is 10.2. The van der Waals surface area contributed by atoms with Crippen LogP contribution in [0.5, 0.6) is 0 Å². The Morgan fingerprint density at radius 3 is 2.60 bits per heavy atom. The molecule has 1 fully saturated rings. The van der Waals surface area contributed by atoms with E-state index in [0.717, 1.165) is 31.5 Å². The van der Waals surface area contributed by atoms with Crippen LogP contribution in [-0.2, 0) is 10.0 Å². The van der Waals surface area contributed by atoms with E-state index in [4.69, 9.17) is 11.6 Å². The zero-order valence-electron chi connectivity index (χ0n) is 16.7. The molecular weight excluding hydrogens is 422 g/mol. The summed E-state index contributed by atoms with van der Waals surface area (Å²) < 4.78 is 27.0. The Bertz CT molecular complexity index is 1000. The first kappa shape index (κ1) is 22.5. The molecule has 1 unspecified atom stereocenters. The summed E-state index contributed by atoms with van der Waals surface area (Å²) in [5, 5.41) is 3.62. The Labute approximate surface area is 183 Å². The maximum atomic E-state index is 12.8. The lowest BCUT2D eigenvalue weighted by Crippen LogP contribution is -2.37. The van der Waals surface area contributed by atoms with Gasteiger partial charge in [-0.15, -0.1) is 6.58 Å². The molecule has 2 aromatic carbocycles. The third-order valence-corrected chi connectivity index (χ3v) is 6.89. The van der Waals surface area contributed by atoms with Gasteiger partial charge in [-0.1, -0.05) is 41.9 Å². The lowest BCUT2D eigenvalue weighted by molar-refractivity contribution is 0.0937. The predicted molar refractivity (Wildman–Crippen MR) is 119 cm³/mol. The molecule has 30 heavy (non-hydrogen) atoms. The van der Waals surface area contributed by atoms with Crippen LogP contribution < -0.4 is 10.0 Å². The van der Waals surface area contributed by atoms with E-state index < -0.39 is 10.0 Å². The summed E-state index contributed by atoms with van der Waals surface area (Å²) in [5.41, 5.74) is 1.27. The number of benzene rings is 2. The molecular formula is C22H26ClN3O3S. The summed E-state index contributed by atoms with van der Waals surface area (Å²) in [4.78, 5) is 15.1. The molecule has 0 saturated carbocycles. The molecule has 2 N–H and O–H groups in total. The SMILES string of the molecule is C=CCNS(=O)(=O)c1cccc(C(=O)NCC(c2ccccc2Cl)N2CCCC2)c1. The standard InChI is InChI=1S/C22H26ClN3O3S/c1-2-12-25-30(28,29)18-9-7-8-17(15-18)22(27)24-16-21(26-13-5-6-14-26)19-10-3-4-11-20(19)23/h2-4,7-11,15,21,25H,1,5-6,12-14,16H2,(H,24,27). The van der Waals surface area contributed by atoms with E-state index in [2.05, 4.69) is 21.5 Å². The van der Waals surface area contributed by atoms with Crippen LogP contribution in [-0.4, -0.2) is 45.4 Å². The van der Waals surface area contributed by atoms with E-state index in [1.165, 1.54) is 18.2 Å². The second-order valence-corrected chi connectivity index (χ2v) is 9.33. The number of hydrogen-bond donors (Lipinski definition) is 2. The van der Waals surface area contributed by atoms with Crippen molar-refractivity contribution in [1.29, 1.82) is 0 Å². The Balaban J connectivity index is 1.75. The number of sulfonamides is 1. The molecule has 2 aromatic rings. The Morgan fingerprint density at radius 1 is 1.17 bits per heavy atom. The molecule has 0 spiro atoms. The highest BCUT2D eigenvalue weighted by molar-refractivity contribution is 7.89. The van der Waals surface area contributed by atoms with Crippen molar-refractivity contribution < 1.29 is 13.2 Å². The number of likely N-dealkylation sites (tertiary alicyclic amines) is 1. The zero-order valence-corrected chi connectivity index (χ0v) is 18.3. The van der Waals surface area contributed by atoms with Crippen LogP contribution in [0.25, 0.3) is 0 Å². The zero-order chi connectivity index (χ0) is 21.6. The normalized spacial score (nSPS) is 15.6. The first-order chi connectivity index (χ1) is 14.4. The van der Waals surface area contributed by atoms with E-state index in [1.807, 2.05) is 24.3 Å². The lowest BCUT2D eigenvalue weighted by atomic mass is 10.0. The maximum absolute atomic E-state index is 12.8. The van der Waals surface area contributed by atoms with Gasteiger partial charge in [0, 0.05) is 23.7 Å². The minimum Gasteiger partial charge on any atom is -0.350 e. The first-order valence-electron chi connectivity index (χ1n) is 9.89. The molecule has 1 amide bonds. The van der Waals surface area contributed by atoms with Crippen molar-refractivity contribution in [3.63, 3.8) is 0 Å². The number of halogens is 1. The van der Waals surface area contributed by atoms with Crippen molar-refractivity contribution in [3.05, 3.63) is 77.3 Å². The molecule has 6 nitrogen and oxygen atoms in total. The van der Waals surface area contributed by atoms with Crippen LogP contribution in [0.1, 0.15) is 34.8 Å². The molecule has 0 bridgehead atoms. The molecule has 1 atom stereocenters. The van der Waals surface area contributed by atoms with E-state index in [0.29, 0.717) is 11.6 Å². The van der Waals surface area contributed by atoms with Crippen LogP contribution in [0.3, 0.4) is 0 Å². The van der Waals surface area contributed by atoms with Gasteiger partial charge in [0.05, 0.1) is 10.9 Å². The van der Waals surface area contributed by atoms with Crippen molar-refractivity contribution in [2.75, 3.05) is 26.2 Å². The number of nitrogens with one attached hydrogen (secondary N) is 2. The molecule has 8 heteroatoms. The van der Waals surface area contributed by atoms with E-state index in [-0.39, 0.29) is 29.0 Å². The van der Waals surface area contributed by atoms with Crippen LogP contribution in [0.15, 0.2) is 66.1 Å². The fourth-order valence-corrected chi connectivity index (χ4v) is 4.89. The van der Waals surface area contributed by atoms with Gasteiger partial charge in [0.15, 0.2) is 0 Å².